The lowest BCUT2D eigenvalue weighted by Crippen LogP contribution is -2.32. The minimum Gasteiger partial charge on any atom is -0.497 e. The van der Waals surface area contributed by atoms with Gasteiger partial charge in [0.2, 0.25) is 0 Å². The van der Waals surface area contributed by atoms with Crippen LogP contribution in [0.3, 0.4) is 0 Å². The highest BCUT2D eigenvalue weighted by molar-refractivity contribution is 5.86. The molecule has 25 heavy (non-hydrogen) atoms. The average Bonchev–Trinajstić information content (AvgIpc) is 2.98. The molecule has 4 rings (SSSR count). The van der Waals surface area contributed by atoms with Crippen LogP contribution in [-0.4, -0.2) is 25.3 Å². The lowest BCUT2D eigenvalue weighted by Gasteiger charge is -2.27. The lowest BCUT2D eigenvalue weighted by molar-refractivity contribution is 0.130. The van der Waals surface area contributed by atoms with E-state index in [9.17, 15) is 0 Å². The molecule has 0 radical (unpaired) electrons. The Bertz CT molecular complexity index is 885. The summed E-state index contributed by atoms with van der Waals surface area (Å²) in [7, 11) is 3.47. The standard InChI is InChI=1S/C21H24N2O2/c1-24-14-23-20-9-4-3-8-17(20)18-10-11-22-19(21(18)23)13-15-6-5-7-16(12-15)25-2/h3-9,12,19,22H,10-11,13-14H2,1-2H3. The Balaban J connectivity index is 1.78. The minimum atomic E-state index is 0.276. The van der Waals surface area contributed by atoms with E-state index in [0.717, 1.165) is 25.1 Å². The molecule has 130 valence electrons. The summed E-state index contributed by atoms with van der Waals surface area (Å²) in [5, 5.41) is 5.06. The van der Waals surface area contributed by atoms with Gasteiger partial charge in [0.05, 0.1) is 18.7 Å². The Hall–Kier alpha value is -2.30. The van der Waals surface area contributed by atoms with E-state index in [4.69, 9.17) is 9.47 Å². The highest BCUT2D eigenvalue weighted by Gasteiger charge is 2.27. The van der Waals surface area contributed by atoms with Crippen LogP contribution in [0.25, 0.3) is 10.9 Å². The molecular weight excluding hydrogens is 312 g/mol. The van der Waals surface area contributed by atoms with Crippen LogP contribution in [0.4, 0.5) is 0 Å². The molecule has 4 heteroatoms. The van der Waals surface area contributed by atoms with Gasteiger partial charge in [0, 0.05) is 18.2 Å². The van der Waals surface area contributed by atoms with Gasteiger partial charge in [-0.05, 0) is 48.7 Å². The Morgan fingerprint density at radius 3 is 2.84 bits per heavy atom. The Morgan fingerprint density at radius 2 is 2.00 bits per heavy atom. The first kappa shape index (κ1) is 16.2. The van der Waals surface area contributed by atoms with Crippen molar-refractivity contribution < 1.29 is 9.47 Å². The topological polar surface area (TPSA) is 35.4 Å². The number of fused-ring (bicyclic) bond motifs is 3. The van der Waals surface area contributed by atoms with Gasteiger partial charge in [-0.25, -0.2) is 0 Å². The number of nitrogens with zero attached hydrogens (tertiary/aromatic N) is 1. The molecule has 0 saturated carbocycles. The van der Waals surface area contributed by atoms with Gasteiger partial charge >= 0.3 is 0 Å². The van der Waals surface area contributed by atoms with Crippen LogP contribution in [0.1, 0.15) is 22.9 Å². The first-order valence-corrected chi connectivity index (χ1v) is 8.77. The predicted molar refractivity (Wildman–Crippen MR) is 100 cm³/mol. The summed E-state index contributed by atoms with van der Waals surface area (Å²) in [5.74, 6) is 0.908. The fraction of sp³-hybridized carbons (Fsp3) is 0.333. The summed E-state index contributed by atoms with van der Waals surface area (Å²) in [6, 6.07) is 17.3. The van der Waals surface area contributed by atoms with E-state index in [0.29, 0.717) is 6.73 Å². The molecule has 1 aliphatic heterocycles. The molecule has 3 aromatic rings. The van der Waals surface area contributed by atoms with E-state index in [2.05, 4.69) is 52.3 Å². The zero-order chi connectivity index (χ0) is 17.2. The van der Waals surface area contributed by atoms with E-state index in [1.165, 1.54) is 27.7 Å². The number of methoxy groups -OCH3 is 2. The van der Waals surface area contributed by atoms with Crippen molar-refractivity contribution in [3.8, 4) is 5.75 Å². The summed E-state index contributed by atoms with van der Waals surface area (Å²) >= 11 is 0. The molecule has 1 aromatic heterocycles. The van der Waals surface area contributed by atoms with Crippen molar-refractivity contribution in [3.63, 3.8) is 0 Å². The Kier molecular flexibility index (Phi) is 4.47. The van der Waals surface area contributed by atoms with E-state index >= 15 is 0 Å². The molecule has 2 heterocycles. The maximum Gasteiger partial charge on any atom is 0.122 e. The van der Waals surface area contributed by atoms with Gasteiger partial charge in [0.15, 0.2) is 0 Å². The third-order valence-electron chi connectivity index (χ3n) is 5.05. The maximum atomic E-state index is 5.51. The van der Waals surface area contributed by atoms with Crippen molar-refractivity contribution in [1.82, 2.24) is 9.88 Å². The summed E-state index contributed by atoms with van der Waals surface area (Å²) in [4.78, 5) is 0. The quantitative estimate of drug-likeness (QED) is 0.772. The Morgan fingerprint density at radius 1 is 1.12 bits per heavy atom. The molecule has 2 aromatic carbocycles. The fourth-order valence-corrected chi connectivity index (χ4v) is 4.00. The molecule has 0 amide bonds. The number of hydrogen-bond acceptors (Lipinski definition) is 3. The fourth-order valence-electron chi connectivity index (χ4n) is 4.00. The molecule has 1 atom stereocenters. The van der Waals surface area contributed by atoms with Crippen molar-refractivity contribution in [2.75, 3.05) is 20.8 Å². The summed E-state index contributed by atoms with van der Waals surface area (Å²) in [5.41, 5.74) is 5.35. The number of benzene rings is 2. The first-order chi connectivity index (χ1) is 12.3. The Labute approximate surface area is 148 Å². The zero-order valence-electron chi connectivity index (χ0n) is 14.8. The van der Waals surface area contributed by atoms with Crippen LogP contribution < -0.4 is 10.1 Å². The number of ether oxygens (including phenoxy) is 2. The summed E-state index contributed by atoms with van der Waals surface area (Å²) in [6.07, 6.45) is 1.99. The minimum absolute atomic E-state index is 0.276. The highest BCUT2D eigenvalue weighted by Crippen LogP contribution is 2.35. The third-order valence-corrected chi connectivity index (χ3v) is 5.05. The third kappa shape index (κ3) is 2.92. The van der Waals surface area contributed by atoms with Gasteiger partial charge in [0.1, 0.15) is 12.5 Å². The molecule has 4 nitrogen and oxygen atoms in total. The van der Waals surface area contributed by atoms with Crippen molar-refractivity contribution in [2.45, 2.75) is 25.6 Å². The van der Waals surface area contributed by atoms with Crippen molar-refractivity contribution in [1.29, 1.82) is 0 Å². The van der Waals surface area contributed by atoms with Crippen LogP contribution in [0.2, 0.25) is 0 Å². The van der Waals surface area contributed by atoms with E-state index in [1.807, 2.05) is 6.07 Å². The number of rotatable bonds is 5. The molecule has 1 N–H and O–H groups in total. The van der Waals surface area contributed by atoms with E-state index < -0.39 is 0 Å². The lowest BCUT2D eigenvalue weighted by atomic mass is 9.94. The summed E-state index contributed by atoms with van der Waals surface area (Å²) < 4.78 is 13.2. The molecule has 0 fully saturated rings. The van der Waals surface area contributed by atoms with Crippen molar-refractivity contribution >= 4 is 10.9 Å². The molecule has 0 saturated heterocycles. The van der Waals surface area contributed by atoms with Gasteiger partial charge in [-0.15, -0.1) is 0 Å². The molecule has 0 aliphatic carbocycles. The average molecular weight is 336 g/mol. The van der Waals surface area contributed by atoms with Crippen LogP contribution in [0.5, 0.6) is 5.75 Å². The SMILES string of the molecule is COCn1c2c(c3ccccc31)CCNC2Cc1cccc(OC)c1. The smallest absolute Gasteiger partial charge is 0.122 e. The van der Waals surface area contributed by atoms with Gasteiger partial charge in [-0.3, -0.25) is 0 Å². The molecule has 1 aliphatic rings. The molecule has 0 spiro atoms. The summed E-state index contributed by atoms with van der Waals surface area (Å²) in [6.45, 7) is 1.58. The van der Waals surface area contributed by atoms with Crippen LogP contribution in [-0.2, 0) is 24.3 Å². The van der Waals surface area contributed by atoms with Gasteiger partial charge in [-0.2, -0.15) is 0 Å². The number of aromatic nitrogens is 1. The second-order valence-electron chi connectivity index (χ2n) is 6.54. The van der Waals surface area contributed by atoms with Crippen LogP contribution in [0, 0.1) is 0 Å². The number of para-hydroxylation sites is 1. The second kappa shape index (κ2) is 6.90. The largest absolute Gasteiger partial charge is 0.497 e. The molecule has 1 unspecified atom stereocenters. The highest BCUT2D eigenvalue weighted by atomic mass is 16.5. The predicted octanol–water partition coefficient (Wildman–Crippen LogP) is 3.68. The van der Waals surface area contributed by atoms with Crippen molar-refractivity contribution in [3.05, 3.63) is 65.4 Å². The van der Waals surface area contributed by atoms with Gasteiger partial charge in [-0.1, -0.05) is 30.3 Å². The monoisotopic (exact) mass is 336 g/mol. The second-order valence-corrected chi connectivity index (χ2v) is 6.54. The van der Waals surface area contributed by atoms with Crippen LogP contribution >= 0.6 is 0 Å². The number of hydrogen-bond donors (Lipinski definition) is 1. The zero-order valence-corrected chi connectivity index (χ0v) is 14.8. The van der Waals surface area contributed by atoms with Gasteiger partial charge < -0.3 is 19.4 Å². The van der Waals surface area contributed by atoms with Crippen molar-refractivity contribution in [2.24, 2.45) is 0 Å². The molecule has 0 bridgehead atoms. The molecular formula is C21H24N2O2. The first-order valence-electron chi connectivity index (χ1n) is 8.77. The van der Waals surface area contributed by atoms with Gasteiger partial charge in [0.25, 0.3) is 0 Å². The van der Waals surface area contributed by atoms with E-state index in [-0.39, 0.29) is 6.04 Å². The number of nitrogens with one attached hydrogen (secondary N) is 1. The normalized spacial score (nSPS) is 16.8. The van der Waals surface area contributed by atoms with E-state index in [1.54, 1.807) is 14.2 Å². The van der Waals surface area contributed by atoms with Crippen LogP contribution in [0.15, 0.2) is 48.5 Å². The maximum absolute atomic E-state index is 5.51.